The van der Waals surface area contributed by atoms with E-state index in [0.717, 1.165) is 29.5 Å². The molecule has 5 heteroatoms. The standard InChI is InChI=1S/C28H36N4O/c1-4-9-21-14-15-23(31-28(33)24(16-17-29)22-11-6-5-7-12-22)18-25(21)27(30)32-26-13-8-10-19(2)20(26)3/h5-8,10-15,18,20,24,26H,4,9,16-17,29H2,1-3H3,(H2,30,32)(H,31,33). The normalized spacial score (nSPS) is 19.2. The van der Waals surface area contributed by atoms with Crippen molar-refractivity contribution in [2.45, 2.75) is 52.0 Å². The molecule has 0 saturated carbocycles. The van der Waals surface area contributed by atoms with Crippen LogP contribution in [0.4, 0.5) is 5.69 Å². The van der Waals surface area contributed by atoms with Crippen molar-refractivity contribution in [3.8, 4) is 0 Å². The molecule has 0 saturated heterocycles. The molecule has 5 N–H and O–H groups in total. The molecule has 1 aliphatic rings. The molecule has 0 heterocycles. The molecule has 0 radical (unpaired) electrons. The number of hydrogen-bond donors (Lipinski definition) is 3. The second-order valence-corrected chi connectivity index (χ2v) is 8.74. The van der Waals surface area contributed by atoms with Crippen LogP contribution in [-0.2, 0) is 11.2 Å². The Morgan fingerprint density at radius 2 is 1.94 bits per heavy atom. The number of rotatable bonds is 9. The van der Waals surface area contributed by atoms with Crippen molar-refractivity contribution in [1.82, 2.24) is 0 Å². The van der Waals surface area contributed by atoms with E-state index in [4.69, 9.17) is 16.5 Å². The number of nitrogens with zero attached hydrogens (tertiary/aromatic N) is 1. The monoisotopic (exact) mass is 444 g/mol. The van der Waals surface area contributed by atoms with Crippen LogP contribution in [0, 0.1) is 5.92 Å². The lowest BCUT2D eigenvalue weighted by atomic mass is 9.90. The first kappa shape index (κ1) is 24.5. The number of carbonyl (C=O) groups excluding carboxylic acids is 1. The number of hydrogen-bond acceptors (Lipinski definition) is 3. The minimum atomic E-state index is -0.302. The molecule has 1 amide bonds. The number of aryl methyl sites for hydroxylation is 1. The van der Waals surface area contributed by atoms with Gasteiger partial charge < -0.3 is 16.8 Å². The van der Waals surface area contributed by atoms with Crippen LogP contribution in [0.5, 0.6) is 0 Å². The van der Waals surface area contributed by atoms with E-state index < -0.39 is 0 Å². The largest absolute Gasteiger partial charge is 0.383 e. The van der Waals surface area contributed by atoms with Gasteiger partial charge in [-0.2, -0.15) is 0 Å². The van der Waals surface area contributed by atoms with Gasteiger partial charge in [0.25, 0.3) is 0 Å². The molecule has 0 fully saturated rings. The van der Waals surface area contributed by atoms with Gasteiger partial charge in [-0.05, 0) is 49.6 Å². The second kappa shape index (κ2) is 11.6. The molecule has 3 unspecified atom stereocenters. The topological polar surface area (TPSA) is 93.5 Å². The number of amides is 1. The van der Waals surface area contributed by atoms with Crippen molar-refractivity contribution in [1.29, 1.82) is 0 Å². The van der Waals surface area contributed by atoms with Crippen LogP contribution < -0.4 is 16.8 Å². The van der Waals surface area contributed by atoms with E-state index in [1.807, 2.05) is 54.6 Å². The lowest BCUT2D eigenvalue weighted by molar-refractivity contribution is -0.117. The Bertz CT molecular complexity index is 1040. The van der Waals surface area contributed by atoms with Gasteiger partial charge in [0, 0.05) is 17.2 Å². The highest BCUT2D eigenvalue weighted by atomic mass is 16.1. The third-order valence-electron chi connectivity index (χ3n) is 6.33. The molecule has 3 atom stereocenters. The maximum Gasteiger partial charge on any atom is 0.231 e. The van der Waals surface area contributed by atoms with Gasteiger partial charge in [-0.1, -0.05) is 80.5 Å². The first-order valence-corrected chi connectivity index (χ1v) is 11.8. The molecule has 1 aliphatic carbocycles. The van der Waals surface area contributed by atoms with Crippen LogP contribution in [0.2, 0.25) is 0 Å². The number of carbonyl (C=O) groups is 1. The first-order chi connectivity index (χ1) is 15.9. The van der Waals surface area contributed by atoms with Crippen LogP contribution in [0.25, 0.3) is 0 Å². The number of amidine groups is 1. The van der Waals surface area contributed by atoms with E-state index in [9.17, 15) is 4.79 Å². The number of anilines is 1. The van der Waals surface area contributed by atoms with Crippen LogP contribution in [0.1, 0.15) is 56.2 Å². The predicted octanol–water partition coefficient (Wildman–Crippen LogP) is 4.94. The van der Waals surface area contributed by atoms with Crippen molar-refractivity contribution in [2.75, 3.05) is 11.9 Å². The van der Waals surface area contributed by atoms with Gasteiger partial charge in [-0.25, -0.2) is 0 Å². The lowest BCUT2D eigenvalue weighted by Gasteiger charge is -2.22. The van der Waals surface area contributed by atoms with Crippen molar-refractivity contribution < 1.29 is 4.79 Å². The number of allylic oxidation sites excluding steroid dienone is 2. The number of benzene rings is 2. The fourth-order valence-electron chi connectivity index (χ4n) is 4.20. The highest BCUT2D eigenvalue weighted by molar-refractivity contribution is 6.02. The Kier molecular flexibility index (Phi) is 8.61. The van der Waals surface area contributed by atoms with Gasteiger partial charge in [0.15, 0.2) is 0 Å². The Labute approximate surface area is 197 Å². The SMILES string of the molecule is CCCc1ccc(NC(=O)C(CCN)c2ccccc2)cc1C(N)=NC1C=CC=C(C)C1C. The van der Waals surface area contributed by atoms with Gasteiger partial charge in [-0.3, -0.25) is 9.79 Å². The third kappa shape index (κ3) is 6.20. The maximum absolute atomic E-state index is 13.1. The Balaban J connectivity index is 1.88. The summed E-state index contributed by atoms with van der Waals surface area (Å²) in [6.07, 6.45) is 8.73. The van der Waals surface area contributed by atoms with Crippen molar-refractivity contribution in [3.05, 3.63) is 89.0 Å². The van der Waals surface area contributed by atoms with Crippen LogP contribution in [0.3, 0.4) is 0 Å². The highest BCUT2D eigenvalue weighted by Gasteiger charge is 2.21. The third-order valence-corrected chi connectivity index (χ3v) is 6.33. The summed E-state index contributed by atoms with van der Waals surface area (Å²) in [5.74, 6) is 0.436. The van der Waals surface area contributed by atoms with Gasteiger partial charge in [-0.15, -0.1) is 0 Å². The number of nitrogens with two attached hydrogens (primary N) is 2. The summed E-state index contributed by atoms with van der Waals surface area (Å²) in [5, 5.41) is 3.08. The Morgan fingerprint density at radius 3 is 2.64 bits per heavy atom. The molecule has 2 aromatic rings. The molecule has 174 valence electrons. The molecule has 3 rings (SSSR count). The van der Waals surface area contributed by atoms with E-state index >= 15 is 0 Å². The average molecular weight is 445 g/mol. The van der Waals surface area contributed by atoms with Crippen molar-refractivity contribution in [2.24, 2.45) is 22.4 Å². The highest BCUT2D eigenvalue weighted by Crippen LogP contribution is 2.25. The van der Waals surface area contributed by atoms with Crippen molar-refractivity contribution in [3.63, 3.8) is 0 Å². The lowest BCUT2D eigenvalue weighted by Crippen LogP contribution is -2.25. The van der Waals surface area contributed by atoms with Crippen LogP contribution in [0.15, 0.2) is 77.3 Å². The molecule has 33 heavy (non-hydrogen) atoms. The van der Waals surface area contributed by atoms with E-state index in [-0.39, 0.29) is 17.9 Å². The van der Waals surface area contributed by atoms with Crippen LogP contribution >= 0.6 is 0 Å². The smallest absolute Gasteiger partial charge is 0.231 e. The summed E-state index contributed by atoms with van der Waals surface area (Å²) in [7, 11) is 0. The van der Waals surface area contributed by atoms with Gasteiger partial charge in [0.1, 0.15) is 5.84 Å². The summed E-state index contributed by atoms with van der Waals surface area (Å²) in [6.45, 7) is 6.87. The minimum absolute atomic E-state index is 0.00902. The summed E-state index contributed by atoms with van der Waals surface area (Å²) in [4.78, 5) is 18.0. The van der Waals surface area contributed by atoms with E-state index in [1.165, 1.54) is 5.57 Å². The zero-order valence-corrected chi connectivity index (χ0v) is 19.9. The fourth-order valence-corrected chi connectivity index (χ4v) is 4.20. The molecule has 0 spiro atoms. The van der Waals surface area contributed by atoms with Gasteiger partial charge in [0.05, 0.1) is 12.0 Å². The molecule has 5 nitrogen and oxygen atoms in total. The summed E-state index contributed by atoms with van der Waals surface area (Å²) in [6, 6.07) is 15.7. The van der Waals surface area contributed by atoms with E-state index in [2.05, 4.69) is 38.2 Å². The van der Waals surface area contributed by atoms with Crippen LogP contribution in [-0.4, -0.2) is 24.3 Å². The second-order valence-electron chi connectivity index (χ2n) is 8.74. The minimum Gasteiger partial charge on any atom is -0.383 e. The summed E-state index contributed by atoms with van der Waals surface area (Å²) < 4.78 is 0. The van der Waals surface area contributed by atoms with Gasteiger partial charge >= 0.3 is 0 Å². The maximum atomic E-state index is 13.1. The number of nitrogens with one attached hydrogen (secondary N) is 1. The van der Waals surface area contributed by atoms with E-state index in [1.54, 1.807) is 0 Å². The van der Waals surface area contributed by atoms with Gasteiger partial charge in [0.2, 0.25) is 5.91 Å². The molecular formula is C28H36N4O. The zero-order chi connectivity index (χ0) is 23.8. The van der Waals surface area contributed by atoms with Crippen molar-refractivity contribution >= 4 is 17.4 Å². The van der Waals surface area contributed by atoms with E-state index in [0.29, 0.717) is 30.4 Å². The quantitative estimate of drug-likeness (QED) is 0.378. The first-order valence-electron chi connectivity index (χ1n) is 11.8. The Hall–Kier alpha value is -3.18. The summed E-state index contributed by atoms with van der Waals surface area (Å²) in [5.41, 5.74) is 17.3. The Morgan fingerprint density at radius 1 is 1.18 bits per heavy atom. The molecule has 0 aliphatic heterocycles. The molecular weight excluding hydrogens is 408 g/mol. The zero-order valence-electron chi connectivity index (χ0n) is 19.9. The fraction of sp³-hybridized carbons (Fsp3) is 0.357. The predicted molar refractivity (Wildman–Crippen MR) is 138 cm³/mol. The summed E-state index contributed by atoms with van der Waals surface area (Å²) >= 11 is 0. The average Bonchev–Trinajstić information content (AvgIpc) is 2.82. The number of aliphatic imine (C=N–C) groups is 1. The molecule has 0 aromatic heterocycles. The molecule has 0 bridgehead atoms. The molecule has 2 aromatic carbocycles.